The molecule has 1 aliphatic heterocycles. The van der Waals surface area contributed by atoms with E-state index in [0.717, 1.165) is 31.5 Å². The molecule has 0 saturated carbocycles. The zero-order chi connectivity index (χ0) is 17.8. The lowest BCUT2D eigenvalue weighted by molar-refractivity contribution is 0.0691. The average Bonchev–Trinajstić information content (AvgIpc) is 2.61. The Balaban J connectivity index is 1.69. The monoisotopic (exact) mass is 342 g/mol. The fourth-order valence-corrected chi connectivity index (χ4v) is 2.94. The molecule has 1 amide bonds. The Labute approximate surface area is 147 Å². The number of hydrogen-bond acceptors (Lipinski definition) is 4. The third kappa shape index (κ3) is 4.53. The number of nitrogens with one attached hydrogen (secondary N) is 1. The summed E-state index contributed by atoms with van der Waals surface area (Å²) in [5, 5.41) is 3.18. The molecule has 132 valence electrons. The highest BCUT2D eigenvalue weighted by Crippen LogP contribution is 2.18. The van der Waals surface area contributed by atoms with Crippen molar-refractivity contribution < 1.29 is 9.18 Å². The van der Waals surface area contributed by atoms with Crippen molar-refractivity contribution >= 4 is 11.7 Å². The van der Waals surface area contributed by atoms with Crippen LogP contribution < -0.4 is 5.32 Å². The molecule has 0 spiro atoms. The first-order valence-electron chi connectivity index (χ1n) is 8.64. The van der Waals surface area contributed by atoms with Gasteiger partial charge in [-0.2, -0.15) is 0 Å². The van der Waals surface area contributed by atoms with Gasteiger partial charge in [0, 0.05) is 25.7 Å². The Bertz CT molecular complexity index is 740. The minimum absolute atomic E-state index is 0.0396. The molecule has 1 aromatic heterocycles. The normalized spacial score (nSPS) is 15.2. The Hall–Kier alpha value is -2.50. The molecule has 5 nitrogen and oxygen atoms in total. The molecule has 1 saturated heterocycles. The minimum atomic E-state index is -0.259. The summed E-state index contributed by atoms with van der Waals surface area (Å²) in [6, 6.07) is 7.98. The van der Waals surface area contributed by atoms with E-state index in [4.69, 9.17) is 0 Å². The van der Waals surface area contributed by atoms with Gasteiger partial charge in [0.15, 0.2) is 0 Å². The van der Waals surface area contributed by atoms with E-state index in [1.807, 2.05) is 4.90 Å². The molecule has 1 N–H and O–H groups in total. The van der Waals surface area contributed by atoms with Crippen molar-refractivity contribution in [2.24, 2.45) is 5.92 Å². The summed E-state index contributed by atoms with van der Waals surface area (Å²) in [6.45, 7) is 6.06. The van der Waals surface area contributed by atoms with Gasteiger partial charge in [0.25, 0.3) is 5.91 Å². The van der Waals surface area contributed by atoms with Gasteiger partial charge < -0.3 is 10.2 Å². The number of piperidine rings is 1. The molecule has 0 atom stereocenters. The van der Waals surface area contributed by atoms with Gasteiger partial charge in [-0.1, -0.05) is 19.1 Å². The number of rotatable bonds is 4. The number of anilines is 1. The number of carbonyl (C=O) groups excluding carboxylic acids is 1. The largest absolute Gasteiger partial charge is 0.366 e. The first-order chi connectivity index (χ1) is 12.0. The molecule has 2 aromatic rings. The molecule has 0 aliphatic carbocycles. The molecule has 0 bridgehead atoms. The standard InChI is InChI=1S/C19H23FN4O/c1-13-7-9-24(10-8-13)19(25)17-11-18(23-14(2)22-17)21-12-15-3-5-16(20)6-4-15/h3-6,11,13H,7-10,12H2,1-2H3,(H,21,22,23). The topological polar surface area (TPSA) is 58.1 Å². The predicted octanol–water partition coefficient (Wildman–Crippen LogP) is 3.41. The van der Waals surface area contributed by atoms with Crippen molar-refractivity contribution in [1.82, 2.24) is 14.9 Å². The SMILES string of the molecule is Cc1nc(NCc2ccc(F)cc2)cc(C(=O)N2CCC(C)CC2)n1. The van der Waals surface area contributed by atoms with Gasteiger partial charge in [0.1, 0.15) is 23.2 Å². The van der Waals surface area contributed by atoms with Gasteiger partial charge in [-0.3, -0.25) is 4.79 Å². The molecule has 0 radical (unpaired) electrons. The first-order valence-corrected chi connectivity index (χ1v) is 8.64. The Morgan fingerprint density at radius 2 is 1.92 bits per heavy atom. The van der Waals surface area contributed by atoms with Gasteiger partial charge in [0.2, 0.25) is 0 Å². The number of likely N-dealkylation sites (tertiary alicyclic amines) is 1. The third-order valence-corrected chi connectivity index (χ3v) is 4.51. The lowest BCUT2D eigenvalue weighted by Gasteiger charge is -2.30. The number of nitrogens with zero attached hydrogens (tertiary/aromatic N) is 3. The van der Waals surface area contributed by atoms with Crippen molar-refractivity contribution in [3.05, 3.63) is 53.2 Å². The molecule has 1 aliphatic rings. The number of hydrogen-bond donors (Lipinski definition) is 1. The van der Waals surface area contributed by atoms with Crippen LogP contribution in [0.25, 0.3) is 0 Å². The van der Waals surface area contributed by atoms with Gasteiger partial charge in [-0.15, -0.1) is 0 Å². The number of amides is 1. The highest BCUT2D eigenvalue weighted by atomic mass is 19.1. The van der Waals surface area contributed by atoms with E-state index in [0.29, 0.717) is 29.8 Å². The summed E-state index contributed by atoms with van der Waals surface area (Å²) < 4.78 is 13.0. The van der Waals surface area contributed by atoms with Crippen LogP contribution in [0.15, 0.2) is 30.3 Å². The highest BCUT2D eigenvalue weighted by molar-refractivity contribution is 5.93. The van der Waals surface area contributed by atoms with Crippen molar-refractivity contribution in [2.75, 3.05) is 18.4 Å². The van der Waals surface area contributed by atoms with Crippen LogP contribution in [0.1, 0.15) is 41.6 Å². The van der Waals surface area contributed by atoms with E-state index in [2.05, 4.69) is 22.2 Å². The van der Waals surface area contributed by atoms with Crippen molar-refractivity contribution in [2.45, 2.75) is 33.2 Å². The zero-order valence-electron chi connectivity index (χ0n) is 14.6. The van der Waals surface area contributed by atoms with Crippen LogP contribution in [-0.2, 0) is 6.54 Å². The van der Waals surface area contributed by atoms with E-state index in [1.54, 1.807) is 25.1 Å². The summed E-state index contributed by atoms with van der Waals surface area (Å²) in [5.74, 6) is 1.53. The molecule has 1 aromatic carbocycles. The van der Waals surface area contributed by atoms with Crippen LogP contribution in [0.3, 0.4) is 0 Å². The van der Waals surface area contributed by atoms with E-state index < -0.39 is 0 Å². The summed E-state index contributed by atoms with van der Waals surface area (Å²) in [6.07, 6.45) is 2.07. The van der Waals surface area contributed by atoms with Gasteiger partial charge in [-0.05, 0) is 43.4 Å². The predicted molar refractivity (Wildman–Crippen MR) is 94.8 cm³/mol. The molecule has 6 heteroatoms. The first kappa shape index (κ1) is 17.3. The van der Waals surface area contributed by atoms with Crippen LogP contribution in [0.5, 0.6) is 0 Å². The molecule has 1 fully saturated rings. The van der Waals surface area contributed by atoms with E-state index in [9.17, 15) is 9.18 Å². The highest BCUT2D eigenvalue weighted by Gasteiger charge is 2.23. The van der Waals surface area contributed by atoms with E-state index >= 15 is 0 Å². The summed E-state index contributed by atoms with van der Waals surface area (Å²) in [4.78, 5) is 23.2. The second-order valence-corrected chi connectivity index (χ2v) is 6.64. The second-order valence-electron chi connectivity index (χ2n) is 6.64. The van der Waals surface area contributed by atoms with E-state index in [1.165, 1.54) is 12.1 Å². The molecule has 25 heavy (non-hydrogen) atoms. The molecule has 3 rings (SSSR count). The van der Waals surface area contributed by atoms with Crippen molar-refractivity contribution in [1.29, 1.82) is 0 Å². The maximum atomic E-state index is 13.0. The number of carbonyl (C=O) groups is 1. The van der Waals surface area contributed by atoms with Crippen LogP contribution in [-0.4, -0.2) is 33.9 Å². The summed E-state index contributed by atoms with van der Waals surface area (Å²) in [7, 11) is 0. The quantitative estimate of drug-likeness (QED) is 0.925. The maximum absolute atomic E-state index is 13.0. The number of halogens is 1. The second kappa shape index (κ2) is 7.59. The minimum Gasteiger partial charge on any atom is -0.366 e. The van der Waals surface area contributed by atoms with Crippen LogP contribution in [0, 0.1) is 18.7 Å². The molecule has 2 heterocycles. The molecular weight excluding hydrogens is 319 g/mol. The Kier molecular flexibility index (Phi) is 5.26. The number of aromatic nitrogens is 2. The zero-order valence-corrected chi connectivity index (χ0v) is 14.6. The molecule has 0 unspecified atom stereocenters. The summed E-state index contributed by atoms with van der Waals surface area (Å²) >= 11 is 0. The summed E-state index contributed by atoms with van der Waals surface area (Å²) in [5.41, 5.74) is 1.36. The number of aryl methyl sites for hydroxylation is 1. The lowest BCUT2D eigenvalue weighted by Crippen LogP contribution is -2.38. The van der Waals surface area contributed by atoms with Crippen molar-refractivity contribution in [3.63, 3.8) is 0 Å². The Morgan fingerprint density at radius 1 is 1.24 bits per heavy atom. The van der Waals surface area contributed by atoms with Crippen LogP contribution in [0.2, 0.25) is 0 Å². The average molecular weight is 342 g/mol. The van der Waals surface area contributed by atoms with Gasteiger partial charge in [-0.25, -0.2) is 14.4 Å². The fourth-order valence-electron chi connectivity index (χ4n) is 2.94. The van der Waals surface area contributed by atoms with Gasteiger partial charge >= 0.3 is 0 Å². The lowest BCUT2D eigenvalue weighted by atomic mass is 9.99. The third-order valence-electron chi connectivity index (χ3n) is 4.51. The van der Waals surface area contributed by atoms with Crippen molar-refractivity contribution in [3.8, 4) is 0 Å². The maximum Gasteiger partial charge on any atom is 0.272 e. The van der Waals surface area contributed by atoms with Gasteiger partial charge in [0.05, 0.1) is 0 Å². The smallest absolute Gasteiger partial charge is 0.272 e. The Morgan fingerprint density at radius 3 is 2.60 bits per heavy atom. The number of benzene rings is 1. The fraction of sp³-hybridized carbons (Fsp3) is 0.421. The molecular formula is C19H23FN4O. The van der Waals surface area contributed by atoms with E-state index in [-0.39, 0.29) is 11.7 Å². The van der Waals surface area contributed by atoms with Crippen LogP contribution in [0.4, 0.5) is 10.2 Å². The van der Waals surface area contributed by atoms with Crippen LogP contribution >= 0.6 is 0 Å².